The van der Waals surface area contributed by atoms with E-state index in [1.165, 1.54) is 0 Å². The van der Waals surface area contributed by atoms with Gasteiger partial charge in [0.05, 0.1) is 33.0 Å². The molecule has 0 aromatic heterocycles. The van der Waals surface area contributed by atoms with Gasteiger partial charge in [-0.2, -0.15) is 0 Å². The zero-order valence-electron chi connectivity index (χ0n) is 13.9. The molecule has 0 aliphatic carbocycles. The van der Waals surface area contributed by atoms with Gasteiger partial charge in [-0.15, -0.1) is 0 Å². The van der Waals surface area contributed by atoms with Crippen LogP contribution in [-0.4, -0.2) is 45.4 Å². The fourth-order valence-corrected chi connectivity index (χ4v) is 1.38. The highest BCUT2D eigenvalue weighted by Gasteiger charge is 2.09. The first-order valence-electron chi connectivity index (χ1n) is 7.59. The number of carbonyl (C=O) groups excluding carboxylic acids is 1. The normalized spacial score (nSPS) is 12.1. The standard InChI is InChI=1S/C16H32O4/c1-14(2)15(17)6-8-18-10-12-20-13-11-19-9-7-16(3,4)5/h14H,6-13H2,1-5H3. The van der Waals surface area contributed by atoms with Crippen LogP contribution in [0.5, 0.6) is 0 Å². The third-order valence-electron chi connectivity index (χ3n) is 2.88. The first-order valence-corrected chi connectivity index (χ1v) is 7.59. The summed E-state index contributed by atoms with van der Waals surface area (Å²) in [5, 5.41) is 0. The Morgan fingerprint density at radius 1 is 0.850 bits per heavy atom. The molecule has 0 radical (unpaired) electrons. The molecule has 4 heteroatoms. The van der Waals surface area contributed by atoms with Gasteiger partial charge in [-0.3, -0.25) is 4.79 Å². The molecule has 20 heavy (non-hydrogen) atoms. The van der Waals surface area contributed by atoms with Crippen LogP contribution in [-0.2, 0) is 19.0 Å². The smallest absolute Gasteiger partial charge is 0.137 e. The second-order valence-electron chi connectivity index (χ2n) is 6.52. The monoisotopic (exact) mass is 288 g/mol. The number of hydrogen-bond donors (Lipinski definition) is 0. The third-order valence-corrected chi connectivity index (χ3v) is 2.88. The molecule has 0 aliphatic rings. The highest BCUT2D eigenvalue weighted by molar-refractivity contribution is 5.80. The van der Waals surface area contributed by atoms with Crippen LogP contribution in [0.15, 0.2) is 0 Å². The average Bonchev–Trinajstić information content (AvgIpc) is 2.34. The van der Waals surface area contributed by atoms with Crippen LogP contribution >= 0.6 is 0 Å². The van der Waals surface area contributed by atoms with E-state index < -0.39 is 0 Å². The van der Waals surface area contributed by atoms with Crippen molar-refractivity contribution in [1.82, 2.24) is 0 Å². The quantitative estimate of drug-likeness (QED) is 0.518. The van der Waals surface area contributed by atoms with Gasteiger partial charge < -0.3 is 14.2 Å². The van der Waals surface area contributed by atoms with Gasteiger partial charge in [-0.1, -0.05) is 34.6 Å². The predicted octanol–water partition coefficient (Wildman–Crippen LogP) is 3.09. The average molecular weight is 288 g/mol. The fraction of sp³-hybridized carbons (Fsp3) is 0.938. The molecule has 0 fully saturated rings. The van der Waals surface area contributed by atoms with E-state index >= 15 is 0 Å². The summed E-state index contributed by atoms with van der Waals surface area (Å²) in [6, 6.07) is 0. The largest absolute Gasteiger partial charge is 0.379 e. The maximum atomic E-state index is 11.3. The van der Waals surface area contributed by atoms with Gasteiger partial charge in [-0.25, -0.2) is 0 Å². The Labute approximate surface area is 124 Å². The molecule has 0 amide bonds. The molecule has 0 heterocycles. The van der Waals surface area contributed by atoms with E-state index in [4.69, 9.17) is 14.2 Å². The van der Waals surface area contributed by atoms with Crippen LogP contribution in [0.25, 0.3) is 0 Å². The predicted molar refractivity (Wildman–Crippen MR) is 81.0 cm³/mol. The summed E-state index contributed by atoms with van der Waals surface area (Å²) in [5.74, 6) is 0.346. The van der Waals surface area contributed by atoms with E-state index in [0.717, 1.165) is 13.0 Å². The van der Waals surface area contributed by atoms with Crippen molar-refractivity contribution in [2.75, 3.05) is 39.6 Å². The number of rotatable bonds is 12. The van der Waals surface area contributed by atoms with E-state index in [9.17, 15) is 4.79 Å². The van der Waals surface area contributed by atoms with Gasteiger partial charge in [0.1, 0.15) is 5.78 Å². The molecule has 0 aromatic rings. The minimum Gasteiger partial charge on any atom is -0.379 e. The van der Waals surface area contributed by atoms with Crippen LogP contribution < -0.4 is 0 Å². The van der Waals surface area contributed by atoms with Crippen molar-refractivity contribution in [1.29, 1.82) is 0 Å². The van der Waals surface area contributed by atoms with Gasteiger partial charge in [0, 0.05) is 18.9 Å². The number of carbonyl (C=O) groups is 1. The molecule has 0 rings (SSSR count). The zero-order valence-corrected chi connectivity index (χ0v) is 13.9. The Morgan fingerprint density at radius 2 is 1.30 bits per heavy atom. The number of Topliss-reactive ketones (excluding diaryl/α,β-unsaturated/α-hetero) is 1. The molecule has 0 saturated carbocycles. The van der Waals surface area contributed by atoms with Crippen molar-refractivity contribution in [3.63, 3.8) is 0 Å². The molecule has 0 bridgehead atoms. The van der Waals surface area contributed by atoms with Crippen molar-refractivity contribution in [3.8, 4) is 0 Å². The lowest BCUT2D eigenvalue weighted by atomic mass is 9.93. The van der Waals surface area contributed by atoms with Crippen molar-refractivity contribution in [2.24, 2.45) is 11.3 Å². The van der Waals surface area contributed by atoms with E-state index in [1.807, 2.05) is 13.8 Å². The highest BCUT2D eigenvalue weighted by Crippen LogP contribution is 2.17. The van der Waals surface area contributed by atoms with Gasteiger partial charge >= 0.3 is 0 Å². The van der Waals surface area contributed by atoms with Gasteiger partial charge in [-0.05, 0) is 11.8 Å². The Hall–Kier alpha value is -0.450. The molecule has 0 unspecified atom stereocenters. The number of hydrogen-bond acceptors (Lipinski definition) is 4. The SMILES string of the molecule is CC(C)C(=O)CCOCCOCCOCCC(C)(C)C. The fourth-order valence-electron chi connectivity index (χ4n) is 1.38. The van der Waals surface area contributed by atoms with Crippen LogP contribution in [0.3, 0.4) is 0 Å². The molecule has 0 atom stereocenters. The highest BCUT2D eigenvalue weighted by atomic mass is 16.5. The summed E-state index contributed by atoms with van der Waals surface area (Å²) in [5.41, 5.74) is 0.322. The third kappa shape index (κ3) is 14.0. The second kappa shape index (κ2) is 11.2. The number of ketones is 1. The molecule has 0 spiro atoms. The Morgan fingerprint density at radius 3 is 1.75 bits per heavy atom. The first-order chi connectivity index (χ1) is 9.33. The maximum absolute atomic E-state index is 11.3. The van der Waals surface area contributed by atoms with Crippen molar-refractivity contribution < 1.29 is 19.0 Å². The maximum Gasteiger partial charge on any atom is 0.137 e. The summed E-state index contributed by atoms with van der Waals surface area (Å²) in [6.07, 6.45) is 1.55. The van der Waals surface area contributed by atoms with Crippen LogP contribution in [0.4, 0.5) is 0 Å². The van der Waals surface area contributed by atoms with E-state index in [0.29, 0.717) is 44.9 Å². The summed E-state index contributed by atoms with van der Waals surface area (Å²) in [7, 11) is 0. The van der Waals surface area contributed by atoms with Crippen molar-refractivity contribution in [2.45, 2.75) is 47.5 Å². The lowest BCUT2D eigenvalue weighted by molar-refractivity contribution is -0.123. The van der Waals surface area contributed by atoms with Gasteiger partial charge in [0.25, 0.3) is 0 Å². The molecule has 0 aliphatic heterocycles. The summed E-state index contributed by atoms with van der Waals surface area (Å²) < 4.78 is 16.2. The summed E-state index contributed by atoms with van der Waals surface area (Å²) in [6.45, 7) is 14.0. The number of ether oxygens (including phenoxy) is 3. The van der Waals surface area contributed by atoms with E-state index in [1.54, 1.807) is 0 Å². The minimum atomic E-state index is 0.0973. The minimum absolute atomic E-state index is 0.0973. The Bertz CT molecular complexity index is 243. The zero-order chi connectivity index (χ0) is 15.4. The molecular weight excluding hydrogens is 256 g/mol. The Balaban J connectivity index is 3.16. The first kappa shape index (κ1) is 19.6. The molecule has 0 aromatic carbocycles. The van der Waals surface area contributed by atoms with Crippen molar-refractivity contribution in [3.05, 3.63) is 0 Å². The van der Waals surface area contributed by atoms with E-state index in [2.05, 4.69) is 20.8 Å². The lowest BCUT2D eigenvalue weighted by Gasteiger charge is -2.17. The topological polar surface area (TPSA) is 44.8 Å². The Kier molecular flexibility index (Phi) is 11.0. The van der Waals surface area contributed by atoms with Crippen LogP contribution in [0.1, 0.15) is 47.5 Å². The molecule has 120 valence electrons. The van der Waals surface area contributed by atoms with Gasteiger partial charge in [0.2, 0.25) is 0 Å². The summed E-state index contributed by atoms with van der Waals surface area (Å²) >= 11 is 0. The van der Waals surface area contributed by atoms with E-state index in [-0.39, 0.29) is 11.7 Å². The molecule has 0 saturated heterocycles. The van der Waals surface area contributed by atoms with Crippen LogP contribution in [0, 0.1) is 11.3 Å². The van der Waals surface area contributed by atoms with Crippen LogP contribution in [0.2, 0.25) is 0 Å². The molecule has 4 nitrogen and oxygen atoms in total. The molecule has 0 N–H and O–H groups in total. The summed E-state index contributed by atoms with van der Waals surface area (Å²) in [4.78, 5) is 11.3. The second-order valence-corrected chi connectivity index (χ2v) is 6.52. The van der Waals surface area contributed by atoms with Crippen molar-refractivity contribution >= 4 is 5.78 Å². The van der Waals surface area contributed by atoms with Gasteiger partial charge in [0.15, 0.2) is 0 Å². The molecular formula is C16H32O4. The lowest BCUT2D eigenvalue weighted by Crippen LogP contribution is -2.14.